The third-order valence-corrected chi connectivity index (χ3v) is 7.74. The molecule has 9 nitrogen and oxygen atoms in total. The Balaban J connectivity index is 1.32. The highest BCUT2D eigenvalue weighted by molar-refractivity contribution is 5.82. The van der Waals surface area contributed by atoms with E-state index in [1.54, 1.807) is 26.4 Å². The third-order valence-electron chi connectivity index (χ3n) is 7.74. The molecule has 0 radical (unpaired) electrons. The zero-order valence-electron chi connectivity index (χ0n) is 22.3. The number of anilines is 1. The number of ether oxygens (including phenoxy) is 2. The summed E-state index contributed by atoms with van der Waals surface area (Å²) in [5.41, 5.74) is 4.19. The molecule has 0 unspecified atom stereocenters. The molecule has 0 aromatic heterocycles. The molecule has 2 aliphatic rings. The number of hydrogen-bond acceptors (Lipinski definition) is 7. The number of methoxy groups -OCH3 is 2. The Bertz CT molecular complexity index is 1330. The summed E-state index contributed by atoms with van der Waals surface area (Å²) in [4.78, 5) is 29.4. The Labute approximate surface area is 228 Å². The van der Waals surface area contributed by atoms with Crippen LogP contribution in [-0.4, -0.2) is 62.2 Å². The van der Waals surface area contributed by atoms with Gasteiger partial charge in [0.05, 0.1) is 31.1 Å². The number of non-ortho nitro benzene ring substituents is 1. The van der Waals surface area contributed by atoms with E-state index in [0.29, 0.717) is 30.9 Å². The average molecular weight is 531 g/mol. The monoisotopic (exact) mass is 530 g/mol. The minimum absolute atomic E-state index is 0.0162. The average Bonchev–Trinajstić information content (AvgIpc) is 2.96. The van der Waals surface area contributed by atoms with Crippen molar-refractivity contribution in [1.29, 1.82) is 0 Å². The standard InChI is InChI=1S/C30H34N4O5/c1-38-28-11-8-21(16-29(28)39-2)12-13-31-30(35)25-18-23-17-24(34(36)37)9-10-26(23)33-15-14-32(20-27(25)33)19-22-6-4-3-5-7-22/h3-11,16-17,25,27H,12-15,18-20H2,1-2H3,(H,31,35)/t25-,27+/m0/s1. The molecule has 2 atom stereocenters. The molecule has 1 amide bonds. The lowest BCUT2D eigenvalue weighted by Crippen LogP contribution is -2.61. The van der Waals surface area contributed by atoms with Gasteiger partial charge in [-0.05, 0) is 47.7 Å². The molecular formula is C30H34N4O5. The first-order valence-electron chi connectivity index (χ1n) is 13.3. The van der Waals surface area contributed by atoms with Crippen molar-refractivity contribution in [2.24, 2.45) is 5.92 Å². The number of piperazine rings is 1. The van der Waals surface area contributed by atoms with Gasteiger partial charge in [0, 0.05) is 50.5 Å². The van der Waals surface area contributed by atoms with E-state index in [2.05, 4.69) is 27.2 Å². The van der Waals surface area contributed by atoms with E-state index < -0.39 is 0 Å². The van der Waals surface area contributed by atoms with Gasteiger partial charge in [0.2, 0.25) is 5.91 Å². The summed E-state index contributed by atoms with van der Waals surface area (Å²) in [6.07, 6.45) is 1.12. The quantitative estimate of drug-likeness (QED) is 0.332. The molecule has 39 heavy (non-hydrogen) atoms. The molecule has 1 fully saturated rings. The summed E-state index contributed by atoms with van der Waals surface area (Å²) in [5, 5.41) is 14.6. The van der Waals surface area contributed by atoms with Crippen LogP contribution in [0.4, 0.5) is 11.4 Å². The smallest absolute Gasteiger partial charge is 0.269 e. The number of nitro groups is 1. The van der Waals surface area contributed by atoms with Crippen LogP contribution in [0.1, 0.15) is 16.7 Å². The van der Waals surface area contributed by atoms with Crippen LogP contribution in [0.2, 0.25) is 0 Å². The molecule has 204 valence electrons. The largest absolute Gasteiger partial charge is 0.493 e. The second-order valence-electron chi connectivity index (χ2n) is 10.1. The first-order chi connectivity index (χ1) is 19.0. The minimum atomic E-state index is -0.373. The SMILES string of the molecule is COc1ccc(CCNC(=O)[C@H]2Cc3cc([N+](=O)[O-])ccc3N3CCN(Cc4ccccc4)C[C@H]23)cc1OC. The predicted molar refractivity (Wildman–Crippen MR) is 149 cm³/mol. The minimum Gasteiger partial charge on any atom is -0.493 e. The van der Waals surface area contributed by atoms with Crippen LogP contribution >= 0.6 is 0 Å². The molecule has 1 saturated heterocycles. The van der Waals surface area contributed by atoms with Gasteiger partial charge in [0.15, 0.2) is 11.5 Å². The zero-order chi connectivity index (χ0) is 27.4. The summed E-state index contributed by atoms with van der Waals surface area (Å²) in [5.74, 6) is 0.980. The van der Waals surface area contributed by atoms with Crippen molar-refractivity contribution in [3.63, 3.8) is 0 Å². The molecule has 3 aromatic rings. The number of benzene rings is 3. The van der Waals surface area contributed by atoms with E-state index >= 15 is 0 Å². The molecule has 3 aromatic carbocycles. The van der Waals surface area contributed by atoms with Gasteiger partial charge < -0.3 is 19.7 Å². The molecule has 9 heteroatoms. The molecule has 1 N–H and O–H groups in total. The number of rotatable bonds is 9. The van der Waals surface area contributed by atoms with Crippen LogP contribution in [0.5, 0.6) is 11.5 Å². The van der Waals surface area contributed by atoms with Crippen molar-refractivity contribution in [3.8, 4) is 11.5 Å². The summed E-state index contributed by atoms with van der Waals surface area (Å²) < 4.78 is 10.7. The van der Waals surface area contributed by atoms with Gasteiger partial charge in [-0.1, -0.05) is 36.4 Å². The second-order valence-corrected chi connectivity index (χ2v) is 10.1. The third kappa shape index (κ3) is 5.83. The van der Waals surface area contributed by atoms with Gasteiger partial charge in [-0.2, -0.15) is 0 Å². The number of carbonyl (C=O) groups excluding carboxylic acids is 1. The van der Waals surface area contributed by atoms with E-state index in [1.165, 1.54) is 5.56 Å². The lowest BCUT2D eigenvalue weighted by Gasteiger charge is -2.49. The lowest BCUT2D eigenvalue weighted by molar-refractivity contribution is -0.384. The maximum atomic E-state index is 13.6. The summed E-state index contributed by atoms with van der Waals surface area (Å²) in [6, 6.07) is 21.1. The fourth-order valence-corrected chi connectivity index (χ4v) is 5.76. The Morgan fingerprint density at radius 1 is 1.00 bits per heavy atom. The number of hydrogen-bond donors (Lipinski definition) is 1. The number of amides is 1. The first-order valence-corrected chi connectivity index (χ1v) is 13.3. The van der Waals surface area contributed by atoms with Crippen LogP contribution in [0.15, 0.2) is 66.7 Å². The fourth-order valence-electron chi connectivity index (χ4n) is 5.76. The first kappa shape index (κ1) is 26.5. The molecule has 0 bridgehead atoms. The van der Waals surface area contributed by atoms with Crippen molar-refractivity contribution < 1.29 is 19.2 Å². The van der Waals surface area contributed by atoms with E-state index in [9.17, 15) is 14.9 Å². The van der Waals surface area contributed by atoms with Gasteiger partial charge >= 0.3 is 0 Å². The van der Waals surface area contributed by atoms with Crippen molar-refractivity contribution >= 4 is 17.3 Å². The Hall–Kier alpha value is -4.11. The summed E-state index contributed by atoms with van der Waals surface area (Å²) in [6.45, 7) is 3.67. The molecule has 0 spiro atoms. The number of carbonyl (C=O) groups is 1. The van der Waals surface area contributed by atoms with E-state index in [1.807, 2.05) is 42.5 Å². The predicted octanol–water partition coefficient (Wildman–Crippen LogP) is 3.83. The Kier molecular flexibility index (Phi) is 7.97. The topological polar surface area (TPSA) is 97.2 Å². The van der Waals surface area contributed by atoms with Crippen molar-refractivity contribution in [2.45, 2.75) is 25.4 Å². The molecule has 2 heterocycles. The van der Waals surface area contributed by atoms with Crippen LogP contribution in [0.25, 0.3) is 0 Å². The van der Waals surface area contributed by atoms with Crippen LogP contribution in [0, 0.1) is 16.0 Å². The Morgan fingerprint density at radius 3 is 2.54 bits per heavy atom. The second kappa shape index (κ2) is 11.7. The molecular weight excluding hydrogens is 496 g/mol. The normalized spacial score (nSPS) is 18.6. The number of nitrogens with one attached hydrogen (secondary N) is 1. The molecule has 0 saturated carbocycles. The van der Waals surface area contributed by atoms with E-state index in [0.717, 1.165) is 43.0 Å². The van der Waals surface area contributed by atoms with Gasteiger partial charge in [-0.25, -0.2) is 0 Å². The van der Waals surface area contributed by atoms with Crippen molar-refractivity contribution in [3.05, 3.63) is 93.5 Å². The van der Waals surface area contributed by atoms with Crippen molar-refractivity contribution in [2.75, 3.05) is 45.3 Å². The van der Waals surface area contributed by atoms with Gasteiger partial charge in [-0.15, -0.1) is 0 Å². The molecule has 5 rings (SSSR count). The summed E-state index contributed by atoms with van der Waals surface area (Å²) in [7, 11) is 3.20. The highest BCUT2D eigenvalue weighted by atomic mass is 16.6. The van der Waals surface area contributed by atoms with Gasteiger partial charge in [-0.3, -0.25) is 19.8 Å². The fraction of sp³-hybridized carbons (Fsp3) is 0.367. The highest BCUT2D eigenvalue weighted by Gasteiger charge is 2.41. The maximum absolute atomic E-state index is 13.6. The van der Waals surface area contributed by atoms with Crippen LogP contribution in [0.3, 0.4) is 0 Å². The Morgan fingerprint density at radius 2 is 1.79 bits per heavy atom. The van der Waals surface area contributed by atoms with Gasteiger partial charge in [0.25, 0.3) is 5.69 Å². The number of fused-ring (bicyclic) bond motifs is 3. The highest BCUT2D eigenvalue weighted by Crippen LogP contribution is 2.38. The maximum Gasteiger partial charge on any atom is 0.269 e. The van der Waals surface area contributed by atoms with Crippen LogP contribution in [-0.2, 0) is 24.2 Å². The van der Waals surface area contributed by atoms with E-state index in [-0.39, 0.29) is 28.5 Å². The van der Waals surface area contributed by atoms with E-state index in [4.69, 9.17) is 9.47 Å². The molecule has 2 aliphatic heterocycles. The van der Waals surface area contributed by atoms with Crippen LogP contribution < -0.4 is 19.7 Å². The number of nitro benzene ring substituents is 1. The molecule has 0 aliphatic carbocycles. The summed E-state index contributed by atoms with van der Waals surface area (Å²) >= 11 is 0. The zero-order valence-corrected chi connectivity index (χ0v) is 22.3. The lowest BCUT2D eigenvalue weighted by atomic mass is 9.83. The van der Waals surface area contributed by atoms with Gasteiger partial charge in [0.1, 0.15) is 0 Å². The number of nitrogens with zero attached hydrogens (tertiary/aromatic N) is 3. The van der Waals surface area contributed by atoms with Crippen molar-refractivity contribution in [1.82, 2.24) is 10.2 Å².